The van der Waals surface area contributed by atoms with E-state index in [-0.39, 0.29) is 11.9 Å². The Kier molecular flexibility index (Phi) is 7.43. The number of halogens is 1. The Labute approximate surface area is 176 Å². The minimum absolute atomic E-state index is 0.125. The van der Waals surface area contributed by atoms with Crippen molar-refractivity contribution in [2.24, 2.45) is 12.0 Å². The van der Waals surface area contributed by atoms with Crippen LogP contribution in [0, 0.1) is 5.82 Å². The third-order valence-corrected chi connectivity index (χ3v) is 4.31. The maximum atomic E-state index is 13.9. The Morgan fingerprint density at radius 2 is 1.93 bits per heavy atom. The Morgan fingerprint density at radius 3 is 2.60 bits per heavy atom. The molecule has 0 spiro atoms. The van der Waals surface area contributed by atoms with Crippen LogP contribution in [0.25, 0.3) is 0 Å². The van der Waals surface area contributed by atoms with E-state index in [0.717, 1.165) is 17.0 Å². The molecule has 2 N–H and O–H groups in total. The second kappa shape index (κ2) is 10.4. The summed E-state index contributed by atoms with van der Waals surface area (Å²) in [6, 6.07) is 14.5. The SMILES string of the molecule is CC(C)Oc1ccc(NC(=NCc2cnn(C)c2)NCCc2ccccc2F)cc1. The molecule has 30 heavy (non-hydrogen) atoms. The van der Waals surface area contributed by atoms with Crippen LogP contribution in [-0.4, -0.2) is 28.4 Å². The van der Waals surface area contributed by atoms with E-state index >= 15 is 0 Å². The van der Waals surface area contributed by atoms with Gasteiger partial charge < -0.3 is 15.4 Å². The third-order valence-electron chi connectivity index (χ3n) is 4.31. The first-order valence-corrected chi connectivity index (χ1v) is 10.0. The lowest BCUT2D eigenvalue weighted by Crippen LogP contribution is -2.32. The van der Waals surface area contributed by atoms with Gasteiger partial charge in [-0.1, -0.05) is 18.2 Å². The maximum absolute atomic E-state index is 13.9. The Bertz CT molecular complexity index is 966. The number of nitrogens with one attached hydrogen (secondary N) is 2. The van der Waals surface area contributed by atoms with E-state index in [1.807, 2.05) is 57.4 Å². The second-order valence-electron chi connectivity index (χ2n) is 7.27. The number of aromatic nitrogens is 2. The van der Waals surface area contributed by atoms with E-state index in [9.17, 15) is 4.39 Å². The molecular weight excluding hydrogens is 381 g/mol. The number of anilines is 1. The lowest BCUT2D eigenvalue weighted by molar-refractivity contribution is 0.242. The van der Waals surface area contributed by atoms with Gasteiger partial charge in [0.05, 0.1) is 18.8 Å². The fraction of sp³-hybridized carbons (Fsp3) is 0.304. The molecule has 0 atom stereocenters. The van der Waals surface area contributed by atoms with Crippen LogP contribution >= 0.6 is 0 Å². The molecule has 7 heteroatoms. The summed E-state index contributed by atoms with van der Waals surface area (Å²) in [4.78, 5) is 4.64. The minimum atomic E-state index is -0.193. The van der Waals surface area contributed by atoms with E-state index in [1.165, 1.54) is 6.07 Å². The summed E-state index contributed by atoms with van der Waals surface area (Å²) in [5, 5.41) is 10.8. The van der Waals surface area contributed by atoms with Crippen LogP contribution in [0.2, 0.25) is 0 Å². The average Bonchev–Trinajstić information content (AvgIpc) is 3.13. The van der Waals surface area contributed by atoms with Gasteiger partial charge in [-0.25, -0.2) is 9.38 Å². The van der Waals surface area contributed by atoms with Gasteiger partial charge >= 0.3 is 0 Å². The van der Waals surface area contributed by atoms with Crippen LogP contribution in [0.3, 0.4) is 0 Å². The van der Waals surface area contributed by atoms with Crippen LogP contribution in [0.4, 0.5) is 10.1 Å². The highest BCUT2D eigenvalue weighted by molar-refractivity contribution is 5.93. The van der Waals surface area contributed by atoms with Crippen molar-refractivity contribution in [1.29, 1.82) is 0 Å². The molecule has 2 aromatic carbocycles. The predicted octanol–water partition coefficient (Wildman–Crippen LogP) is 4.15. The molecule has 3 aromatic rings. The first-order valence-electron chi connectivity index (χ1n) is 10.0. The van der Waals surface area contributed by atoms with Gasteiger partial charge in [0.1, 0.15) is 11.6 Å². The normalized spacial score (nSPS) is 11.6. The van der Waals surface area contributed by atoms with Crippen molar-refractivity contribution >= 4 is 11.6 Å². The highest BCUT2D eigenvalue weighted by Gasteiger charge is 2.05. The quantitative estimate of drug-likeness (QED) is 0.433. The van der Waals surface area contributed by atoms with Crippen molar-refractivity contribution in [2.75, 3.05) is 11.9 Å². The molecule has 0 saturated heterocycles. The van der Waals surface area contributed by atoms with Gasteiger partial charge in [-0.05, 0) is 56.2 Å². The number of ether oxygens (including phenoxy) is 1. The molecule has 0 radical (unpaired) electrons. The van der Waals surface area contributed by atoms with Crippen LogP contribution in [0.5, 0.6) is 5.75 Å². The number of rotatable bonds is 8. The minimum Gasteiger partial charge on any atom is -0.491 e. The van der Waals surface area contributed by atoms with Crippen molar-refractivity contribution < 1.29 is 9.13 Å². The molecule has 1 heterocycles. The van der Waals surface area contributed by atoms with E-state index in [1.54, 1.807) is 23.0 Å². The highest BCUT2D eigenvalue weighted by Crippen LogP contribution is 2.17. The molecule has 0 amide bonds. The topological polar surface area (TPSA) is 63.5 Å². The third kappa shape index (κ3) is 6.62. The maximum Gasteiger partial charge on any atom is 0.196 e. The van der Waals surface area contributed by atoms with Crippen LogP contribution < -0.4 is 15.4 Å². The number of hydrogen-bond donors (Lipinski definition) is 2. The molecule has 0 saturated carbocycles. The monoisotopic (exact) mass is 409 g/mol. The Morgan fingerprint density at radius 1 is 1.17 bits per heavy atom. The summed E-state index contributed by atoms with van der Waals surface area (Å²) >= 11 is 0. The lowest BCUT2D eigenvalue weighted by atomic mass is 10.1. The molecule has 1 aromatic heterocycles. The molecule has 0 bridgehead atoms. The summed E-state index contributed by atoms with van der Waals surface area (Å²) in [6.45, 7) is 5.02. The number of benzene rings is 2. The van der Waals surface area contributed by atoms with Crippen LogP contribution in [-0.2, 0) is 20.0 Å². The van der Waals surface area contributed by atoms with E-state index < -0.39 is 0 Å². The smallest absolute Gasteiger partial charge is 0.196 e. The van der Waals surface area contributed by atoms with Gasteiger partial charge in [0, 0.05) is 31.0 Å². The number of nitrogens with zero attached hydrogens (tertiary/aromatic N) is 3. The Balaban J connectivity index is 1.66. The van der Waals surface area contributed by atoms with Gasteiger partial charge in [0.2, 0.25) is 0 Å². The molecule has 0 aliphatic carbocycles. The first kappa shape index (κ1) is 21.4. The molecule has 158 valence electrons. The number of aryl methyl sites for hydroxylation is 1. The van der Waals surface area contributed by atoms with E-state index in [0.29, 0.717) is 31.0 Å². The van der Waals surface area contributed by atoms with Crippen molar-refractivity contribution in [3.8, 4) is 5.75 Å². The molecule has 0 fully saturated rings. The summed E-state index contributed by atoms with van der Waals surface area (Å²) < 4.78 is 21.3. The fourth-order valence-electron chi connectivity index (χ4n) is 2.91. The van der Waals surface area contributed by atoms with Crippen molar-refractivity contribution in [3.05, 3.63) is 77.9 Å². The average molecular weight is 410 g/mol. The van der Waals surface area contributed by atoms with Crippen LogP contribution in [0.1, 0.15) is 25.0 Å². The molecule has 0 unspecified atom stereocenters. The predicted molar refractivity (Wildman–Crippen MR) is 118 cm³/mol. The molecular formula is C23H28FN5O. The molecule has 6 nitrogen and oxygen atoms in total. The zero-order valence-electron chi connectivity index (χ0n) is 17.6. The second-order valence-corrected chi connectivity index (χ2v) is 7.27. The zero-order chi connectivity index (χ0) is 21.3. The number of hydrogen-bond acceptors (Lipinski definition) is 3. The highest BCUT2D eigenvalue weighted by atomic mass is 19.1. The summed E-state index contributed by atoms with van der Waals surface area (Å²) in [6.07, 6.45) is 4.40. The van der Waals surface area contributed by atoms with Crippen molar-refractivity contribution in [1.82, 2.24) is 15.1 Å². The summed E-state index contributed by atoms with van der Waals surface area (Å²) in [7, 11) is 1.87. The molecule has 0 aliphatic rings. The Hall–Kier alpha value is -3.35. The van der Waals surface area contributed by atoms with Crippen LogP contribution in [0.15, 0.2) is 65.9 Å². The van der Waals surface area contributed by atoms with Gasteiger partial charge in [-0.3, -0.25) is 4.68 Å². The van der Waals surface area contributed by atoms with Gasteiger partial charge in [0.25, 0.3) is 0 Å². The largest absolute Gasteiger partial charge is 0.491 e. The van der Waals surface area contributed by atoms with Crippen molar-refractivity contribution in [3.63, 3.8) is 0 Å². The van der Waals surface area contributed by atoms with E-state index in [4.69, 9.17) is 4.74 Å². The molecule has 3 rings (SSSR count). The van der Waals surface area contributed by atoms with Crippen molar-refractivity contribution in [2.45, 2.75) is 32.9 Å². The zero-order valence-corrected chi connectivity index (χ0v) is 17.6. The molecule has 0 aliphatic heterocycles. The lowest BCUT2D eigenvalue weighted by Gasteiger charge is -2.14. The standard InChI is InChI=1S/C23H28FN5O/c1-17(2)30-21-10-8-20(9-11-21)28-23(26-14-18-15-27-29(3)16-18)25-13-12-19-6-4-5-7-22(19)24/h4-11,15-17H,12-14H2,1-3H3,(H2,25,26,28). The fourth-order valence-corrected chi connectivity index (χ4v) is 2.91. The van der Waals surface area contributed by atoms with E-state index in [2.05, 4.69) is 20.7 Å². The van der Waals surface area contributed by atoms with Gasteiger partial charge in [-0.2, -0.15) is 5.10 Å². The van der Waals surface area contributed by atoms with Gasteiger partial charge in [0.15, 0.2) is 5.96 Å². The number of aliphatic imine (C=N–C) groups is 1. The first-order chi connectivity index (χ1) is 14.5. The van der Waals surface area contributed by atoms with Gasteiger partial charge in [-0.15, -0.1) is 0 Å². The summed E-state index contributed by atoms with van der Waals surface area (Å²) in [5.41, 5.74) is 2.56. The summed E-state index contributed by atoms with van der Waals surface area (Å²) in [5.74, 6) is 1.24. The number of guanidine groups is 1.